The van der Waals surface area contributed by atoms with Gasteiger partial charge in [-0.1, -0.05) is 54.6 Å². The molecule has 27 heavy (non-hydrogen) atoms. The molecule has 0 aliphatic rings. The highest BCUT2D eigenvalue weighted by Gasteiger charge is 2.05. The Bertz CT molecular complexity index is 1170. The molecule has 0 amide bonds. The summed E-state index contributed by atoms with van der Waals surface area (Å²) in [7, 11) is 0. The van der Waals surface area contributed by atoms with E-state index in [0.29, 0.717) is 16.9 Å². The van der Waals surface area contributed by atoms with Crippen molar-refractivity contribution >= 4 is 22.1 Å². The van der Waals surface area contributed by atoms with Crippen molar-refractivity contribution in [3.05, 3.63) is 90.5 Å². The number of hydrogen-bond donors (Lipinski definition) is 1. The maximum atomic E-state index is 10.4. The van der Waals surface area contributed by atoms with Gasteiger partial charge >= 0.3 is 0 Å². The van der Waals surface area contributed by atoms with Gasteiger partial charge in [0.2, 0.25) is 0 Å². The van der Waals surface area contributed by atoms with Gasteiger partial charge in [0.25, 0.3) is 0 Å². The summed E-state index contributed by atoms with van der Waals surface area (Å²) in [5.74, 6) is 0.131. The largest absolute Gasteiger partial charge is 0.505 e. The van der Waals surface area contributed by atoms with Crippen LogP contribution in [-0.4, -0.2) is 5.11 Å². The molecule has 4 aromatic rings. The standard InChI is InChI=1S/C23H15N3O/c24-15-16-5-7-17(8-6-16)18-9-12-20(13-10-18)25-26-22-14-11-19-3-1-2-4-21(19)23(22)27/h1-14,27H/b26-25+. The van der Waals surface area contributed by atoms with Crippen molar-refractivity contribution in [2.75, 3.05) is 0 Å². The summed E-state index contributed by atoms with van der Waals surface area (Å²) in [6, 6.07) is 28.5. The van der Waals surface area contributed by atoms with Crippen LogP contribution in [0, 0.1) is 11.3 Å². The number of fused-ring (bicyclic) bond motifs is 1. The Morgan fingerprint density at radius 2 is 1.37 bits per heavy atom. The van der Waals surface area contributed by atoms with Gasteiger partial charge in [0.1, 0.15) is 5.69 Å². The number of rotatable bonds is 3. The first kappa shape index (κ1) is 16.5. The summed E-state index contributed by atoms with van der Waals surface area (Å²) in [5.41, 5.74) is 3.83. The summed E-state index contributed by atoms with van der Waals surface area (Å²) in [6.07, 6.45) is 0. The molecule has 0 aromatic heterocycles. The van der Waals surface area contributed by atoms with Crippen molar-refractivity contribution in [1.82, 2.24) is 0 Å². The molecule has 4 rings (SSSR count). The van der Waals surface area contributed by atoms with Gasteiger partial charge in [-0.3, -0.25) is 0 Å². The molecule has 0 fully saturated rings. The van der Waals surface area contributed by atoms with Crippen molar-refractivity contribution < 1.29 is 5.11 Å². The molecule has 4 aromatic carbocycles. The van der Waals surface area contributed by atoms with Crippen LogP contribution in [0.1, 0.15) is 5.56 Å². The van der Waals surface area contributed by atoms with Crippen LogP contribution in [0.4, 0.5) is 11.4 Å². The highest BCUT2D eigenvalue weighted by atomic mass is 16.3. The van der Waals surface area contributed by atoms with Gasteiger partial charge in [-0.2, -0.15) is 10.4 Å². The molecule has 0 spiro atoms. The van der Waals surface area contributed by atoms with E-state index in [0.717, 1.165) is 21.9 Å². The number of azo groups is 1. The molecular weight excluding hydrogens is 334 g/mol. The highest BCUT2D eigenvalue weighted by Crippen LogP contribution is 2.35. The molecule has 1 N–H and O–H groups in total. The fourth-order valence-corrected chi connectivity index (χ4v) is 2.89. The fraction of sp³-hybridized carbons (Fsp3) is 0. The van der Waals surface area contributed by atoms with Crippen molar-refractivity contribution in [3.63, 3.8) is 0 Å². The third-order valence-corrected chi connectivity index (χ3v) is 4.37. The minimum absolute atomic E-state index is 0.131. The zero-order valence-electron chi connectivity index (χ0n) is 14.4. The molecule has 0 saturated heterocycles. The van der Waals surface area contributed by atoms with Crippen LogP contribution in [0.15, 0.2) is 95.2 Å². The minimum atomic E-state index is 0.131. The van der Waals surface area contributed by atoms with E-state index in [-0.39, 0.29) is 5.75 Å². The lowest BCUT2D eigenvalue weighted by Gasteiger charge is -2.04. The number of aromatic hydroxyl groups is 1. The lowest BCUT2D eigenvalue weighted by atomic mass is 10.0. The van der Waals surface area contributed by atoms with Gasteiger partial charge in [-0.15, -0.1) is 5.11 Å². The number of benzene rings is 4. The second-order valence-electron chi connectivity index (χ2n) is 6.09. The van der Waals surface area contributed by atoms with E-state index >= 15 is 0 Å². The molecular formula is C23H15N3O. The highest BCUT2D eigenvalue weighted by molar-refractivity contribution is 5.92. The molecule has 4 heteroatoms. The van der Waals surface area contributed by atoms with Crippen LogP contribution >= 0.6 is 0 Å². The van der Waals surface area contributed by atoms with Crippen LogP contribution in [0.3, 0.4) is 0 Å². The quantitative estimate of drug-likeness (QED) is 0.429. The molecule has 0 radical (unpaired) electrons. The van der Waals surface area contributed by atoms with Crippen LogP contribution in [-0.2, 0) is 0 Å². The summed E-state index contributed by atoms with van der Waals surface area (Å²) in [6.45, 7) is 0. The number of nitrogens with zero attached hydrogens (tertiary/aromatic N) is 3. The summed E-state index contributed by atoms with van der Waals surface area (Å²) in [5, 5.41) is 29.4. The number of nitriles is 1. The van der Waals surface area contributed by atoms with E-state index in [2.05, 4.69) is 16.3 Å². The van der Waals surface area contributed by atoms with Crippen LogP contribution in [0.5, 0.6) is 5.75 Å². The zero-order valence-corrected chi connectivity index (χ0v) is 14.4. The van der Waals surface area contributed by atoms with E-state index in [9.17, 15) is 5.11 Å². The predicted molar refractivity (Wildman–Crippen MR) is 106 cm³/mol. The van der Waals surface area contributed by atoms with E-state index in [1.54, 1.807) is 18.2 Å². The Morgan fingerprint density at radius 1 is 0.704 bits per heavy atom. The Balaban J connectivity index is 1.58. The second kappa shape index (κ2) is 7.11. The van der Waals surface area contributed by atoms with Crippen molar-refractivity contribution in [3.8, 4) is 22.9 Å². The van der Waals surface area contributed by atoms with Gasteiger partial charge in [-0.05, 0) is 46.8 Å². The van der Waals surface area contributed by atoms with E-state index in [1.165, 1.54) is 0 Å². The van der Waals surface area contributed by atoms with Crippen molar-refractivity contribution in [2.24, 2.45) is 10.2 Å². The minimum Gasteiger partial charge on any atom is -0.505 e. The van der Waals surface area contributed by atoms with Crippen molar-refractivity contribution in [2.45, 2.75) is 0 Å². The van der Waals surface area contributed by atoms with Gasteiger partial charge in [0.05, 0.1) is 17.3 Å². The third kappa shape index (κ3) is 3.39. The molecule has 0 unspecified atom stereocenters. The number of phenols is 1. The molecule has 0 aliphatic carbocycles. The van der Waals surface area contributed by atoms with E-state index in [1.807, 2.05) is 66.7 Å². The Kier molecular flexibility index (Phi) is 4.34. The average Bonchev–Trinajstić information content (AvgIpc) is 2.74. The Morgan fingerprint density at radius 3 is 2.07 bits per heavy atom. The maximum absolute atomic E-state index is 10.4. The Hall–Kier alpha value is -3.97. The van der Waals surface area contributed by atoms with Gasteiger partial charge < -0.3 is 5.11 Å². The summed E-state index contributed by atoms with van der Waals surface area (Å²) >= 11 is 0. The third-order valence-electron chi connectivity index (χ3n) is 4.37. The summed E-state index contributed by atoms with van der Waals surface area (Å²) in [4.78, 5) is 0. The molecule has 0 bridgehead atoms. The predicted octanol–water partition coefficient (Wildman–Crippen LogP) is 6.50. The lowest BCUT2D eigenvalue weighted by molar-refractivity contribution is 0.482. The second-order valence-corrected chi connectivity index (χ2v) is 6.09. The van der Waals surface area contributed by atoms with Gasteiger partial charge in [0.15, 0.2) is 5.75 Å². The normalized spacial score (nSPS) is 10.9. The Labute approximate surface area is 156 Å². The molecule has 0 saturated carbocycles. The average molecular weight is 349 g/mol. The number of phenolic OH excluding ortho intramolecular Hbond substituents is 1. The van der Waals surface area contributed by atoms with Crippen LogP contribution < -0.4 is 0 Å². The molecule has 128 valence electrons. The smallest absolute Gasteiger partial charge is 0.150 e. The zero-order chi connectivity index (χ0) is 18.6. The van der Waals surface area contributed by atoms with E-state index < -0.39 is 0 Å². The van der Waals surface area contributed by atoms with E-state index in [4.69, 9.17) is 5.26 Å². The molecule has 0 aliphatic heterocycles. The topological polar surface area (TPSA) is 68.7 Å². The number of hydrogen-bond acceptors (Lipinski definition) is 4. The fourth-order valence-electron chi connectivity index (χ4n) is 2.89. The molecule has 4 nitrogen and oxygen atoms in total. The first-order chi connectivity index (χ1) is 13.2. The SMILES string of the molecule is N#Cc1ccc(-c2ccc(/N=N/c3ccc4ccccc4c3O)cc2)cc1. The first-order valence-corrected chi connectivity index (χ1v) is 8.48. The molecule has 0 heterocycles. The van der Waals surface area contributed by atoms with Crippen LogP contribution in [0.25, 0.3) is 21.9 Å². The van der Waals surface area contributed by atoms with Crippen LogP contribution in [0.2, 0.25) is 0 Å². The van der Waals surface area contributed by atoms with Crippen molar-refractivity contribution in [1.29, 1.82) is 5.26 Å². The maximum Gasteiger partial charge on any atom is 0.150 e. The monoisotopic (exact) mass is 349 g/mol. The summed E-state index contributed by atoms with van der Waals surface area (Å²) < 4.78 is 0. The van der Waals surface area contributed by atoms with Gasteiger partial charge in [-0.25, -0.2) is 0 Å². The molecule has 0 atom stereocenters. The van der Waals surface area contributed by atoms with Gasteiger partial charge in [0, 0.05) is 5.39 Å². The lowest BCUT2D eigenvalue weighted by Crippen LogP contribution is -1.78. The first-order valence-electron chi connectivity index (χ1n) is 8.48.